The highest BCUT2D eigenvalue weighted by molar-refractivity contribution is 14.1. The lowest BCUT2D eigenvalue weighted by atomic mass is 10.0. The molecule has 1 N–H and O–H groups in total. The van der Waals surface area contributed by atoms with Gasteiger partial charge in [0.15, 0.2) is 0 Å². The fourth-order valence-electron chi connectivity index (χ4n) is 3.21. The second kappa shape index (κ2) is 9.36. The number of ether oxygens (including phenoxy) is 1. The number of benzene rings is 2. The van der Waals surface area contributed by atoms with Crippen LogP contribution in [0.25, 0.3) is 0 Å². The quantitative estimate of drug-likeness (QED) is 0.640. The normalized spacial score (nSPS) is 14.6. The molecule has 1 heterocycles. The highest BCUT2D eigenvalue weighted by Gasteiger charge is 2.25. The number of likely N-dealkylation sites (tertiary alicyclic amines) is 1. The zero-order valence-corrected chi connectivity index (χ0v) is 17.7. The van der Waals surface area contributed by atoms with Crippen LogP contribution < -0.4 is 10.1 Å². The minimum absolute atomic E-state index is 0.00210. The smallest absolute Gasteiger partial charge is 0.253 e. The van der Waals surface area contributed by atoms with Crippen LogP contribution in [0.5, 0.6) is 5.75 Å². The zero-order valence-electron chi connectivity index (χ0n) is 15.6. The van der Waals surface area contributed by atoms with E-state index in [2.05, 4.69) is 5.32 Å². The number of hydrogen-bond acceptors (Lipinski definition) is 3. The highest BCUT2D eigenvalue weighted by Crippen LogP contribution is 2.19. The van der Waals surface area contributed by atoms with Gasteiger partial charge in [-0.05, 0) is 84.8 Å². The fourth-order valence-corrected chi connectivity index (χ4v) is 3.93. The summed E-state index contributed by atoms with van der Waals surface area (Å²) in [6.45, 7) is 3.66. The van der Waals surface area contributed by atoms with Gasteiger partial charge in [-0.25, -0.2) is 4.39 Å². The summed E-state index contributed by atoms with van der Waals surface area (Å²) >= 11 is 1.96. The van der Waals surface area contributed by atoms with E-state index in [0.717, 1.165) is 5.75 Å². The van der Waals surface area contributed by atoms with Gasteiger partial charge in [-0.1, -0.05) is 0 Å². The van der Waals surface area contributed by atoms with Crippen molar-refractivity contribution in [2.24, 2.45) is 0 Å². The summed E-state index contributed by atoms with van der Waals surface area (Å²) in [4.78, 5) is 26.9. The van der Waals surface area contributed by atoms with Crippen molar-refractivity contribution in [1.29, 1.82) is 0 Å². The minimum atomic E-state index is -0.359. The number of piperidine rings is 1. The summed E-state index contributed by atoms with van der Waals surface area (Å²) in [6, 6.07) is 11.3. The maximum Gasteiger partial charge on any atom is 0.253 e. The summed E-state index contributed by atoms with van der Waals surface area (Å²) in [5, 5.41) is 3.00. The number of halogens is 2. The van der Waals surface area contributed by atoms with Gasteiger partial charge in [0.1, 0.15) is 11.6 Å². The largest absolute Gasteiger partial charge is 0.494 e. The molecule has 7 heteroatoms. The first-order valence-corrected chi connectivity index (χ1v) is 10.3. The SMILES string of the molecule is CCOc1ccc(C(=O)N2CCC(NC(=O)c3ccc(F)cc3I)CC2)cc1. The van der Waals surface area contributed by atoms with Gasteiger partial charge in [0, 0.05) is 28.3 Å². The molecule has 0 spiro atoms. The molecule has 0 bridgehead atoms. The summed E-state index contributed by atoms with van der Waals surface area (Å²) in [7, 11) is 0. The molecule has 0 aliphatic carbocycles. The summed E-state index contributed by atoms with van der Waals surface area (Å²) in [5.74, 6) is 0.166. The average Bonchev–Trinajstić information content (AvgIpc) is 2.69. The Morgan fingerprint density at radius 3 is 2.46 bits per heavy atom. The van der Waals surface area contributed by atoms with Crippen LogP contribution in [0, 0.1) is 9.39 Å². The first kappa shape index (κ1) is 20.6. The molecule has 2 aromatic rings. The van der Waals surface area contributed by atoms with Crippen molar-refractivity contribution in [1.82, 2.24) is 10.2 Å². The van der Waals surface area contributed by atoms with Crippen molar-refractivity contribution >= 4 is 34.4 Å². The van der Waals surface area contributed by atoms with E-state index in [-0.39, 0.29) is 23.7 Å². The van der Waals surface area contributed by atoms with E-state index >= 15 is 0 Å². The average molecular weight is 496 g/mol. The summed E-state index contributed by atoms with van der Waals surface area (Å²) in [5.41, 5.74) is 1.10. The maximum absolute atomic E-state index is 13.2. The van der Waals surface area contributed by atoms with Crippen LogP contribution in [0.2, 0.25) is 0 Å². The first-order valence-electron chi connectivity index (χ1n) is 9.26. The van der Waals surface area contributed by atoms with Gasteiger partial charge in [-0.15, -0.1) is 0 Å². The molecule has 1 fully saturated rings. The van der Waals surface area contributed by atoms with E-state index in [1.807, 2.05) is 29.5 Å². The monoisotopic (exact) mass is 496 g/mol. The van der Waals surface area contributed by atoms with Gasteiger partial charge in [0.25, 0.3) is 11.8 Å². The second-order valence-electron chi connectivity index (χ2n) is 6.62. The van der Waals surface area contributed by atoms with E-state index < -0.39 is 0 Å². The Balaban J connectivity index is 1.53. The number of nitrogens with zero attached hydrogens (tertiary/aromatic N) is 1. The molecule has 1 aliphatic heterocycles. The summed E-state index contributed by atoms with van der Waals surface area (Å²) < 4.78 is 19.2. The lowest BCUT2D eigenvalue weighted by Gasteiger charge is -2.32. The maximum atomic E-state index is 13.2. The van der Waals surface area contributed by atoms with E-state index in [4.69, 9.17) is 4.74 Å². The number of nitrogens with one attached hydrogen (secondary N) is 1. The molecule has 3 rings (SSSR count). The van der Waals surface area contributed by atoms with Crippen LogP contribution in [0.15, 0.2) is 42.5 Å². The van der Waals surface area contributed by atoms with Crippen LogP contribution in [0.4, 0.5) is 4.39 Å². The van der Waals surface area contributed by atoms with Crippen molar-refractivity contribution < 1.29 is 18.7 Å². The number of carbonyl (C=O) groups excluding carboxylic acids is 2. The molecule has 2 amide bonds. The topological polar surface area (TPSA) is 58.6 Å². The molecule has 1 aliphatic rings. The standard InChI is InChI=1S/C21H22FIN2O3/c1-2-28-17-6-3-14(4-7-17)21(27)25-11-9-16(10-12-25)24-20(26)18-8-5-15(22)13-19(18)23/h3-8,13,16H,2,9-12H2,1H3,(H,24,26). The molecule has 2 aromatic carbocycles. The third-order valence-corrected chi connectivity index (χ3v) is 5.60. The number of carbonyl (C=O) groups is 2. The number of rotatable bonds is 5. The molecular formula is C21H22FIN2O3. The van der Waals surface area contributed by atoms with Crippen molar-refractivity contribution in [2.75, 3.05) is 19.7 Å². The van der Waals surface area contributed by atoms with Crippen molar-refractivity contribution in [3.63, 3.8) is 0 Å². The van der Waals surface area contributed by atoms with E-state index in [1.54, 1.807) is 29.2 Å². The third-order valence-electron chi connectivity index (χ3n) is 4.71. The van der Waals surface area contributed by atoms with Crippen molar-refractivity contribution in [3.05, 3.63) is 63.0 Å². The van der Waals surface area contributed by atoms with E-state index in [0.29, 0.717) is 47.2 Å². The Morgan fingerprint density at radius 1 is 1.18 bits per heavy atom. The molecule has 148 valence electrons. The first-order chi connectivity index (χ1) is 13.5. The Kier molecular flexibility index (Phi) is 6.88. The van der Waals surface area contributed by atoms with E-state index in [1.165, 1.54) is 18.2 Å². The molecule has 0 aromatic heterocycles. The molecule has 0 atom stereocenters. The highest BCUT2D eigenvalue weighted by atomic mass is 127. The fraction of sp³-hybridized carbons (Fsp3) is 0.333. The van der Waals surface area contributed by atoms with Gasteiger partial charge >= 0.3 is 0 Å². The Labute approximate surface area is 177 Å². The van der Waals surface area contributed by atoms with Crippen LogP contribution in [-0.2, 0) is 0 Å². The lowest BCUT2D eigenvalue weighted by molar-refractivity contribution is 0.0698. The molecule has 0 unspecified atom stereocenters. The van der Waals surface area contributed by atoms with E-state index in [9.17, 15) is 14.0 Å². The number of amides is 2. The molecule has 5 nitrogen and oxygen atoms in total. The number of hydrogen-bond donors (Lipinski definition) is 1. The van der Waals surface area contributed by atoms with Crippen LogP contribution in [0.3, 0.4) is 0 Å². The molecule has 28 heavy (non-hydrogen) atoms. The Hall–Kier alpha value is -2.16. The molecular weight excluding hydrogens is 474 g/mol. The van der Waals surface area contributed by atoms with Gasteiger partial charge in [-0.2, -0.15) is 0 Å². The summed E-state index contributed by atoms with van der Waals surface area (Å²) in [6.07, 6.45) is 1.37. The Morgan fingerprint density at radius 2 is 1.86 bits per heavy atom. The minimum Gasteiger partial charge on any atom is -0.494 e. The van der Waals surface area contributed by atoms with Gasteiger partial charge < -0.3 is 15.0 Å². The third kappa shape index (κ3) is 5.01. The zero-order chi connectivity index (χ0) is 20.1. The van der Waals surface area contributed by atoms with Crippen LogP contribution in [0.1, 0.15) is 40.5 Å². The molecule has 0 radical (unpaired) electrons. The van der Waals surface area contributed by atoms with Crippen LogP contribution in [-0.4, -0.2) is 42.5 Å². The second-order valence-corrected chi connectivity index (χ2v) is 7.78. The molecule has 1 saturated heterocycles. The molecule has 0 saturated carbocycles. The van der Waals surface area contributed by atoms with Crippen molar-refractivity contribution in [2.45, 2.75) is 25.8 Å². The predicted octanol–water partition coefficient (Wildman–Crippen LogP) is 3.86. The predicted molar refractivity (Wildman–Crippen MR) is 113 cm³/mol. The Bertz CT molecular complexity index is 849. The van der Waals surface area contributed by atoms with Gasteiger partial charge in [-0.3, -0.25) is 9.59 Å². The van der Waals surface area contributed by atoms with Crippen LogP contribution >= 0.6 is 22.6 Å². The lowest BCUT2D eigenvalue weighted by Crippen LogP contribution is -2.46. The van der Waals surface area contributed by atoms with Gasteiger partial charge in [0.05, 0.1) is 12.2 Å². The van der Waals surface area contributed by atoms with Crippen molar-refractivity contribution in [3.8, 4) is 5.75 Å². The van der Waals surface area contributed by atoms with Gasteiger partial charge in [0.2, 0.25) is 0 Å².